The SMILES string of the molecule is O=C(O)C1CC12CCN(C(=O)CC=Cc1ccc(F)cc1)CC2. The van der Waals surface area contributed by atoms with Gasteiger partial charge in [-0.25, -0.2) is 4.39 Å². The van der Waals surface area contributed by atoms with Crippen LogP contribution in [0.25, 0.3) is 6.08 Å². The van der Waals surface area contributed by atoms with E-state index < -0.39 is 5.97 Å². The van der Waals surface area contributed by atoms with Gasteiger partial charge >= 0.3 is 5.97 Å². The number of carboxylic acid groups (broad SMARTS) is 1. The number of amides is 1. The molecule has 3 rings (SSSR count). The van der Waals surface area contributed by atoms with Crippen LogP contribution >= 0.6 is 0 Å². The van der Waals surface area contributed by atoms with Gasteiger partial charge in [0.05, 0.1) is 5.92 Å². The van der Waals surface area contributed by atoms with E-state index >= 15 is 0 Å². The van der Waals surface area contributed by atoms with Crippen molar-refractivity contribution in [1.29, 1.82) is 0 Å². The summed E-state index contributed by atoms with van der Waals surface area (Å²) in [7, 11) is 0. The van der Waals surface area contributed by atoms with Crippen LogP contribution in [0.2, 0.25) is 0 Å². The summed E-state index contributed by atoms with van der Waals surface area (Å²) >= 11 is 0. The van der Waals surface area contributed by atoms with E-state index in [1.165, 1.54) is 12.1 Å². The van der Waals surface area contributed by atoms with E-state index in [4.69, 9.17) is 5.11 Å². The van der Waals surface area contributed by atoms with Gasteiger partial charge in [-0.15, -0.1) is 0 Å². The first-order chi connectivity index (χ1) is 11.0. The molecule has 1 spiro atoms. The molecule has 1 aromatic carbocycles. The minimum atomic E-state index is -0.702. The zero-order valence-electron chi connectivity index (χ0n) is 12.9. The van der Waals surface area contributed by atoms with Crippen molar-refractivity contribution in [2.75, 3.05) is 13.1 Å². The molecule has 0 bridgehead atoms. The Kier molecular flexibility index (Phi) is 4.20. The fraction of sp³-hybridized carbons (Fsp3) is 0.444. The Morgan fingerprint density at radius 2 is 1.91 bits per heavy atom. The van der Waals surface area contributed by atoms with Crippen LogP contribution in [0.1, 0.15) is 31.2 Å². The number of hydrogen-bond donors (Lipinski definition) is 1. The molecule has 1 saturated carbocycles. The lowest BCUT2D eigenvalue weighted by molar-refractivity contribution is -0.139. The molecular formula is C18H20FNO3. The molecule has 1 aliphatic carbocycles. The number of carboxylic acids is 1. The molecule has 1 saturated heterocycles. The fourth-order valence-corrected chi connectivity index (χ4v) is 3.45. The number of aliphatic carboxylic acids is 1. The zero-order chi connectivity index (χ0) is 16.4. The normalized spacial score (nSPS) is 22.5. The van der Waals surface area contributed by atoms with Crippen LogP contribution in [0.15, 0.2) is 30.3 Å². The van der Waals surface area contributed by atoms with Crippen LogP contribution in [-0.2, 0) is 9.59 Å². The molecule has 1 amide bonds. The summed E-state index contributed by atoms with van der Waals surface area (Å²) in [6, 6.07) is 6.11. The lowest BCUT2D eigenvalue weighted by atomic mass is 9.90. The number of likely N-dealkylation sites (tertiary alicyclic amines) is 1. The average Bonchev–Trinajstić information content (AvgIpc) is 3.24. The van der Waals surface area contributed by atoms with E-state index in [0.717, 1.165) is 24.8 Å². The lowest BCUT2D eigenvalue weighted by Gasteiger charge is -2.32. The third-order valence-electron chi connectivity index (χ3n) is 5.07. The molecule has 1 heterocycles. The number of halogens is 1. The molecule has 5 heteroatoms. The van der Waals surface area contributed by atoms with Crippen molar-refractivity contribution in [3.05, 3.63) is 41.7 Å². The van der Waals surface area contributed by atoms with Crippen LogP contribution in [-0.4, -0.2) is 35.0 Å². The second-order valence-corrected chi connectivity index (χ2v) is 6.50. The molecule has 0 radical (unpaired) electrons. The number of benzene rings is 1. The van der Waals surface area contributed by atoms with E-state index in [2.05, 4.69) is 0 Å². The third-order valence-corrected chi connectivity index (χ3v) is 5.07. The molecular weight excluding hydrogens is 297 g/mol. The highest BCUT2D eigenvalue weighted by Crippen LogP contribution is 2.59. The highest BCUT2D eigenvalue weighted by atomic mass is 19.1. The van der Waals surface area contributed by atoms with Crippen LogP contribution in [0.5, 0.6) is 0 Å². The molecule has 23 heavy (non-hydrogen) atoms. The minimum absolute atomic E-state index is 0.0490. The van der Waals surface area contributed by atoms with Gasteiger partial charge in [-0.3, -0.25) is 9.59 Å². The van der Waals surface area contributed by atoms with Gasteiger partial charge in [0, 0.05) is 19.5 Å². The highest BCUT2D eigenvalue weighted by molar-refractivity contribution is 5.79. The maximum Gasteiger partial charge on any atom is 0.307 e. The van der Waals surface area contributed by atoms with Gasteiger partial charge in [0.25, 0.3) is 0 Å². The highest BCUT2D eigenvalue weighted by Gasteiger charge is 2.59. The van der Waals surface area contributed by atoms with Crippen LogP contribution in [0.3, 0.4) is 0 Å². The zero-order valence-corrected chi connectivity index (χ0v) is 12.9. The van der Waals surface area contributed by atoms with Gasteiger partial charge in [-0.1, -0.05) is 24.3 Å². The van der Waals surface area contributed by atoms with E-state index in [-0.39, 0.29) is 23.1 Å². The number of carbonyl (C=O) groups is 2. The molecule has 1 unspecified atom stereocenters. The number of carbonyl (C=O) groups excluding carboxylic acids is 1. The average molecular weight is 317 g/mol. The van der Waals surface area contributed by atoms with E-state index in [1.807, 2.05) is 11.0 Å². The molecule has 2 fully saturated rings. The van der Waals surface area contributed by atoms with E-state index in [1.54, 1.807) is 18.2 Å². The molecule has 1 aliphatic heterocycles. The van der Waals surface area contributed by atoms with Crippen molar-refractivity contribution in [3.63, 3.8) is 0 Å². The van der Waals surface area contributed by atoms with Crippen molar-refractivity contribution in [1.82, 2.24) is 4.90 Å². The van der Waals surface area contributed by atoms with Gasteiger partial charge in [0.2, 0.25) is 5.91 Å². The van der Waals surface area contributed by atoms with E-state index in [9.17, 15) is 14.0 Å². The Morgan fingerprint density at radius 3 is 2.48 bits per heavy atom. The predicted molar refractivity (Wildman–Crippen MR) is 84.0 cm³/mol. The minimum Gasteiger partial charge on any atom is -0.481 e. The third kappa shape index (κ3) is 3.44. The summed E-state index contributed by atoms with van der Waals surface area (Å²) in [5.74, 6) is -1.13. The lowest BCUT2D eigenvalue weighted by Crippen LogP contribution is -2.39. The fourth-order valence-electron chi connectivity index (χ4n) is 3.45. The molecule has 1 N–H and O–H groups in total. The summed E-state index contributed by atoms with van der Waals surface area (Å²) in [6.07, 6.45) is 6.25. The topological polar surface area (TPSA) is 57.6 Å². The molecule has 1 aromatic rings. The van der Waals surface area contributed by atoms with Gasteiger partial charge in [-0.2, -0.15) is 0 Å². The van der Waals surface area contributed by atoms with Crippen molar-refractivity contribution in [2.24, 2.45) is 11.3 Å². The van der Waals surface area contributed by atoms with Crippen molar-refractivity contribution < 1.29 is 19.1 Å². The smallest absolute Gasteiger partial charge is 0.307 e. The van der Waals surface area contributed by atoms with Gasteiger partial charge < -0.3 is 10.0 Å². The first-order valence-electron chi connectivity index (χ1n) is 7.93. The van der Waals surface area contributed by atoms with Crippen LogP contribution in [0, 0.1) is 17.2 Å². The number of piperidine rings is 1. The Balaban J connectivity index is 1.47. The van der Waals surface area contributed by atoms with E-state index in [0.29, 0.717) is 19.5 Å². The summed E-state index contributed by atoms with van der Waals surface area (Å²) in [6.45, 7) is 1.29. The molecule has 0 aromatic heterocycles. The monoisotopic (exact) mass is 317 g/mol. The number of nitrogens with zero attached hydrogens (tertiary/aromatic N) is 1. The summed E-state index contributed by atoms with van der Waals surface area (Å²) in [5, 5.41) is 9.07. The largest absolute Gasteiger partial charge is 0.481 e. The number of hydrogen-bond acceptors (Lipinski definition) is 2. The quantitative estimate of drug-likeness (QED) is 0.929. The van der Waals surface area contributed by atoms with Crippen molar-refractivity contribution in [3.8, 4) is 0 Å². The maximum atomic E-state index is 12.8. The maximum absolute atomic E-state index is 12.8. The Hall–Kier alpha value is -2.17. The van der Waals surface area contributed by atoms with Crippen LogP contribution in [0.4, 0.5) is 4.39 Å². The first-order valence-corrected chi connectivity index (χ1v) is 7.93. The Bertz CT molecular complexity index is 630. The molecule has 1 atom stereocenters. The summed E-state index contributed by atoms with van der Waals surface area (Å²) < 4.78 is 12.8. The second kappa shape index (κ2) is 6.14. The predicted octanol–water partition coefficient (Wildman–Crippen LogP) is 2.94. The molecule has 122 valence electrons. The van der Waals surface area contributed by atoms with Crippen molar-refractivity contribution >= 4 is 18.0 Å². The Labute approximate surface area is 134 Å². The standard InChI is InChI=1S/C18H20FNO3/c19-14-6-4-13(5-7-14)2-1-3-16(21)20-10-8-18(9-11-20)12-15(18)17(22)23/h1-2,4-7,15H,3,8-12H2,(H,22,23). The van der Waals surface area contributed by atoms with Crippen LogP contribution < -0.4 is 0 Å². The van der Waals surface area contributed by atoms with Gasteiger partial charge in [0.1, 0.15) is 5.82 Å². The second-order valence-electron chi connectivity index (χ2n) is 6.50. The summed E-state index contributed by atoms with van der Waals surface area (Å²) in [5.41, 5.74) is 0.811. The molecule has 2 aliphatic rings. The first kappa shape index (κ1) is 15.7. The van der Waals surface area contributed by atoms with Gasteiger partial charge in [-0.05, 0) is 42.4 Å². The number of rotatable bonds is 4. The summed E-state index contributed by atoms with van der Waals surface area (Å²) in [4.78, 5) is 25.0. The Morgan fingerprint density at radius 1 is 1.26 bits per heavy atom. The van der Waals surface area contributed by atoms with Crippen molar-refractivity contribution in [2.45, 2.75) is 25.7 Å². The molecule has 4 nitrogen and oxygen atoms in total. The van der Waals surface area contributed by atoms with Gasteiger partial charge in [0.15, 0.2) is 0 Å².